The zero-order valence-electron chi connectivity index (χ0n) is 2.04. The van der Waals surface area contributed by atoms with Crippen LogP contribution in [0.4, 0.5) is 4.32 Å². The molecule has 0 saturated carbocycles. The van der Waals surface area contributed by atoms with Gasteiger partial charge in [-0.1, -0.05) is 0 Å². The first kappa shape index (κ1) is 4.28. The summed E-state index contributed by atoms with van der Waals surface area (Å²) in [5.41, 5.74) is 0. The Balaban J connectivity index is 1.97. The first-order chi connectivity index (χ1) is 1.91. The lowest BCUT2D eigenvalue weighted by molar-refractivity contribution is 0.875. The highest BCUT2D eigenvalue weighted by molar-refractivity contribution is 6.44. The predicted octanol–water partition coefficient (Wildman–Crippen LogP) is 0.771. The minimum absolute atomic E-state index is 0. The second-order valence-electron chi connectivity index (χ2n) is 0.309. The van der Waals surface area contributed by atoms with Crippen LogP contribution in [0.25, 0.3) is 0 Å². The van der Waals surface area contributed by atoms with E-state index in [2.05, 4.69) is 0 Å². The second-order valence-corrected chi connectivity index (χ2v) is 0.617. The fourth-order valence-electron chi connectivity index (χ4n) is 0. The third-order valence-corrected chi connectivity index (χ3v) is 0.175. The van der Waals surface area contributed by atoms with Crippen LogP contribution < -0.4 is 0 Å². The largest absolute Gasteiger partial charge is 0.370 e. The van der Waals surface area contributed by atoms with Crippen molar-refractivity contribution in [1.82, 2.24) is 0 Å². The molecule has 0 fully saturated rings. The third kappa shape index (κ3) is 2.28. The Labute approximate surface area is 30.2 Å². The molecule has 3 heteroatoms. The molecule has 0 aromatic carbocycles. The lowest BCUT2D eigenvalue weighted by atomic mass is 10.2. The number of halogens is 2. The van der Waals surface area contributed by atoms with E-state index >= 15 is 0 Å². The quantitative estimate of drug-likeness (QED) is 0.322. The molecule has 0 aromatic rings. The molecular formula is CH2BClF. The molecule has 0 aromatic heterocycles. The third-order valence-electron chi connectivity index (χ3n) is 0.0583. The zero-order chi connectivity index (χ0) is 3.41. The molecule has 0 rings (SSSR count). The average molecular weight is 79.3 g/mol. The van der Waals surface area contributed by atoms with Gasteiger partial charge in [-0.2, -0.15) is 0 Å². The van der Waals surface area contributed by atoms with Gasteiger partial charge in [0.2, 0.25) is 0 Å². The van der Waals surface area contributed by atoms with Gasteiger partial charge in [-0.05, 0) is 0 Å². The smallest absolute Gasteiger partial charge is 0.341 e. The van der Waals surface area contributed by atoms with Crippen LogP contribution in [0.3, 0.4) is 0 Å². The minimum atomic E-state index is 0. The van der Waals surface area contributed by atoms with E-state index in [9.17, 15) is 4.32 Å². The molecule has 0 amide bonds. The van der Waals surface area contributed by atoms with Gasteiger partial charge in [-0.25, -0.2) is 0 Å². The lowest BCUT2D eigenvalue weighted by Gasteiger charge is -1.56. The Morgan fingerprint density at radius 3 is 2.25 bits per heavy atom. The van der Waals surface area contributed by atoms with E-state index in [1.165, 1.54) is 0 Å². The Morgan fingerprint density at radius 1 is 2.00 bits per heavy atom. The molecule has 4 heavy (non-hydrogen) atoms. The molecule has 0 nitrogen and oxygen atoms in total. The van der Waals surface area contributed by atoms with Crippen LogP contribution in [0.2, 0.25) is 0 Å². The summed E-state index contributed by atoms with van der Waals surface area (Å²) in [4.78, 5) is 0. The van der Waals surface area contributed by atoms with Gasteiger partial charge >= 0.3 is 7.56 Å². The van der Waals surface area contributed by atoms with Crippen LogP contribution in [0.5, 0.6) is 0 Å². The van der Waals surface area contributed by atoms with Crippen molar-refractivity contribution in [1.29, 1.82) is 0 Å². The first-order valence-corrected chi connectivity index (χ1v) is 1.43. The van der Waals surface area contributed by atoms with Crippen molar-refractivity contribution in [3.8, 4) is 0 Å². The molecule has 0 spiro atoms. The molecule has 0 heterocycles. The highest BCUT2D eigenvalue weighted by Gasteiger charge is 1.72. The summed E-state index contributed by atoms with van der Waals surface area (Å²) < 4.78 is 10.5. The van der Waals surface area contributed by atoms with Crippen LogP contribution in [-0.4, -0.2) is 13.3 Å². The Bertz CT molecular complexity index is 10.0. The Morgan fingerprint density at radius 2 is 2.25 bits per heavy atom. The molecule has 1 radical (unpaired) electrons. The van der Waals surface area contributed by atoms with Gasteiger partial charge in [0, 0.05) is 5.78 Å². The van der Waals surface area contributed by atoms with Crippen LogP contribution in [-0.2, 0) is 0 Å². The summed E-state index contributed by atoms with van der Waals surface area (Å²) in [6.07, 6.45) is 0. The molecule has 23 valence electrons. The van der Waals surface area contributed by atoms with E-state index < -0.39 is 0 Å². The van der Waals surface area contributed by atoms with E-state index in [0.29, 0.717) is 7.56 Å². The lowest BCUT2D eigenvalue weighted by Crippen LogP contribution is -1.74. The minimum Gasteiger partial charge on any atom is -0.341 e. The van der Waals surface area contributed by atoms with Crippen molar-refractivity contribution in [2.45, 2.75) is 0 Å². The monoisotopic (exact) mass is 79.0 g/mol. The summed E-state index contributed by atoms with van der Waals surface area (Å²) in [5, 5.41) is 0. The summed E-state index contributed by atoms with van der Waals surface area (Å²) in [7, 11) is 0.390. The average Bonchev–Trinajstić information content (AvgIpc) is 1.37. The topological polar surface area (TPSA) is 0 Å². The second kappa shape index (κ2) is 3.28. The fraction of sp³-hybridized carbons (Fsp3) is 1.00. The molecule has 0 atom stereocenters. The Hall–Kier alpha value is 0.285. The van der Waals surface area contributed by atoms with Gasteiger partial charge in [0.05, 0.1) is 0 Å². The molecule has 0 aliphatic carbocycles. The molecule has 0 N–H and O–H groups in total. The first-order valence-electron chi connectivity index (χ1n) is 0.894. The number of hydrogen-bond acceptors (Lipinski definition) is 0. The van der Waals surface area contributed by atoms with Gasteiger partial charge in [-0.15, -0.1) is 11.6 Å². The molecule has 0 aliphatic rings. The van der Waals surface area contributed by atoms with Gasteiger partial charge in [0.25, 0.3) is 0 Å². The Kier molecular flexibility index (Phi) is 3.52. The van der Waals surface area contributed by atoms with Crippen molar-refractivity contribution >= 4 is 19.2 Å². The zero-order valence-corrected chi connectivity index (χ0v) is 2.80. The normalized spacial score (nSPS) is 6.50. The molecular weight excluding hydrogens is 77.3 g/mol. The number of alkyl halides is 1. The fourth-order valence-corrected chi connectivity index (χ4v) is 0. The van der Waals surface area contributed by atoms with Gasteiger partial charge in [-0.3, -0.25) is 0 Å². The van der Waals surface area contributed by atoms with E-state index in [1.807, 2.05) is 0 Å². The molecule has 0 unspecified atom stereocenters. The van der Waals surface area contributed by atoms with Gasteiger partial charge in [0.15, 0.2) is 0 Å². The van der Waals surface area contributed by atoms with Gasteiger partial charge in [0.1, 0.15) is 0 Å². The molecule has 0 bridgehead atoms. The van der Waals surface area contributed by atoms with E-state index in [4.69, 9.17) is 11.6 Å². The van der Waals surface area contributed by atoms with E-state index in [-0.39, 0.29) is 5.78 Å². The molecule has 0 saturated heterocycles. The van der Waals surface area contributed by atoms with Crippen molar-refractivity contribution in [3.05, 3.63) is 0 Å². The summed E-state index contributed by atoms with van der Waals surface area (Å²) >= 11 is 4.76. The maximum Gasteiger partial charge on any atom is 0.370 e. The summed E-state index contributed by atoms with van der Waals surface area (Å²) in [6, 6.07) is 0. The maximum absolute atomic E-state index is 10.5. The van der Waals surface area contributed by atoms with E-state index in [0.717, 1.165) is 0 Å². The van der Waals surface area contributed by atoms with Crippen molar-refractivity contribution in [2.24, 2.45) is 0 Å². The van der Waals surface area contributed by atoms with Crippen molar-refractivity contribution in [3.63, 3.8) is 0 Å². The SMILES string of the molecule is F[B]CCl. The highest BCUT2D eigenvalue weighted by Crippen LogP contribution is 1.65. The van der Waals surface area contributed by atoms with Crippen LogP contribution in [0.15, 0.2) is 0 Å². The van der Waals surface area contributed by atoms with Crippen molar-refractivity contribution in [2.75, 3.05) is 5.78 Å². The predicted molar refractivity (Wildman–Crippen MR) is 17.6 cm³/mol. The van der Waals surface area contributed by atoms with Gasteiger partial charge < -0.3 is 4.32 Å². The number of rotatable bonds is 1. The highest BCUT2D eigenvalue weighted by atomic mass is 35.5. The summed E-state index contributed by atoms with van der Waals surface area (Å²) in [6.45, 7) is 0. The summed E-state index contributed by atoms with van der Waals surface area (Å²) in [5.74, 6) is 0. The standard InChI is InChI=1S/CH2BClF/c3-1-2-4/h1H2. The van der Waals surface area contributed by atoms with Crippen molar-refractivity contribution < 1.29 is 4.32 Å². The maximum atomic E-state index is 10.5. The van der Waals surface area contributed by atoms with Crippen LogP contribution in [0.1, 0.15) is 0 Å². The van der Waals surface area contributed by atoms with Crippen LogP contribution in [0, 0.1) is 0 Å². The number of hydrogen-bond donors (Lipinski definition) is 0. The van der Waals surface area contributed by atoms with Crippen LogP contribution >= 0.6 is 11.6 Å². The van der Waals surface area contributed by atoms with E-state index in [1.54, 1.807) is 0 Å². The molecule has 0 aliphatic heterocycles.